The Morgan fingerprint density at radius 3 is 1.92 bits per heavy atom. The minimum atomic E-state index is 0.273. The lowest BCUT2D eigenvalue weighted by molar-refractivity contribution is 0.407. The number of benzene rings is 1. The summed E-state index contributed by atoms with van der Waals surface area (Å²) in [5.41, 5.74) is 2.95. The zero-order chi connectivity index (χ0) is 10.1. The molecule has 1 unspecified atom stereocenters. The topological polar surface area (TPSA) is 0 Å². The van der Waals surface area contributed by atoms with Gasteiger partial charge in [0.05, 0.1) is 0 Å². The summed E-state index contributed by atoms with van der Waals surface area (Å²) in [6.45, 7) is 8.84. The Kier molecular flexibility index (Phi) is 3.18. The Balaban J connectivity index is 2.90. The van der Waals surface area contributed by atoms with Gasteiger partial charge in [0, 0.05) is 4.83 Å². The molecule has 13 heavy (non-hydrogen) atoms. The number of aryl methyl sites for hydroxylation is 1. The fourth-order valence-electron chi connectivity index (χ4n) is 1.24. The summed E-state index contributed by atoms with van der Waals surface area (Å²) in [5, 5.41) is 0. The van der Waals surface area contributed by atoms with E-state index in [-0.39, 0.29) is 5.41 Å². The van der Waals surface area contributed by atoms with Crippen molar-refractivity contribution in [3.63, 3.8) is 0 Å². The van der Waals surface area contributed by atoms with E-state index in [2.05, 4.69) is 67.9 Å². The molecule has 0 bridgehead atoms. The summed E-state index contributed by atoms with van der Waals surface area (Å²) in [6, 6.07) is 8.71. The third kappa shape index (κ3) is 2.84. The van der Waals surface area contributed by atoms with Crippen LogP contribution in [0.5, 0.6) is 0 Å². The van der Waals surface area contributed by atoms with Crippen LogP contribution in [0.3, 0.4) is 0 Å². The van der Waals surface area contributed by atoms with E-state index in [0.717, 1.165) is 0 Å². The molecule has 1 aromatic carbocycles. The third-order valence-electron chi connectivity index (χ3n) is 2.13. The molecule has 0 heterocycles. The first-order valence-corrected chi connectivity index (χ1v) is 5.53. The minimum Gasteiger partial charge on any atom is -0.0833 e. The van der Waals surface area contributed by atoms with Crippen molar-refractivity contribution < 1.29 is 0 Å². The van der Waals surface area contributed by atoms with Gasteiger partial charge < -0.3 is 0 Å². The predicted octanol–water partition coefficient (Wildman–Crippen LogP) is 4.48. The first-order valence-electron chi connectivity index (χ1n) is 4.62. The molecular weight excluding hydrogens is 224 g/mol. The molecule has 0 nitrogen and oxygen atoms in total. The van der Waals surface area contributed by atoms with Crippen LogP contribution in [0.4, 0.5) is 0 Å². The third-order valence-corrected chi connectivity index (χ3v) is 4.03. The lowest BCUT2D eigenvalue weighted by Crippen LogP contribution is -2.12. The average molecular weight is 241 g/mol. The molecule has 0 radical (unpaired) electrons. The monoisotopic (exact) mass is 240 g/mol. The number of alkyl halides is 1. The normalized spacial score (nSPS) is 14.2. The molecule has 0 aliphatic heterocycles. The number of hydrogen-bond donors (Lipinski definition) is 0. The molecule has 0 N–H and O–H groups in total. The Labute approximate surface area is 89.5 Å². The van der Waals surface area contributed by atoms with Crippen LogP contribution in [0.1, 0.15) is 36.7 Å². The van der Waals surface area contributed by atoms with Crippen molar-refractivity contribution in [3.05, 3.63) is 35.4 Å². The first kappa shape index (κ1) is 10.8. The fraction of sp³-hybridized carbons (Fsp3) is 0.500. The van der Waals surface area contributed by atoms with Crippen molar-refractivity contribution in [1.29, 1.82) is 0 Å². The van der Waals surface area contributed by atoms with Gasteiger partial charge >= 0.3 is 0 Å². The molecule has 1 heteroatoms. The molecule has 0 aliphatic rings. The molecule has 0 fully saturated rings. The fourth-order valence-corrected chi connectivity index (χ4v) is 1.54. The average Bonchev–Trinajstić information content (AvgIpc) is 2.03. The van der Waals surface area contributed by atoms with Crippen LogP contribution in [-0.2, 0) is 0 Å². The summed E-state index contributed by atoms with van der Waals surface area (Å²) < 4.78 is 0. The van der Waals surface area contributed by atoms with E-state index in [1.54, 1.807) is 0 Å². The van der Waals surface area contributed by atoms with Crippen molar-refractivity contribution in [2.24, 2.45) is 5.41 Å². The van der Waals surface area contributed by atoms with Gasteiger partial charge in [-0.1, -0.05) is 66.5 Å². The van der Waals surface area contributed by atoms with Gasteiger partial charge in [-0.3, -0.25) is 0 Å². The second kappa shape index (κ2) is 3.83. The minimum absolute atomic E-state index is 0.273. The van der Waals surface area contributed by atoms with Crippen LogP contribution in [0, 0.1) is 12.3 Å². The Morgan fingerprint density at radius 1 is 1.08 bits per heavy atom. The molecule has 0 saturated heterocycles. The Morgan fingerprint density at radius 2 is 1.54 bits per heavy atom. The van der Waals surface area contributed by atoms with E-state index in [4.69, 9.17) is 0 Å². The van der Waals surface area contributed by atoms with Gasteiger partial charge in [-0.25, -0.2) is 0 Å². The maximum absolute atomic E-state index is 3.73. The van der Waals surface area contributed by atoms with E-state index < -0.39 is 0 Å². The highest BCUT2D eigenvalue weighted by atomic mass is 79.9. The quantitative estimate of drug-likeness (QED) is 0.636. The van der Waals surface area contributed by atoms with E-state index in [1.807, 2.05) is 0 Å². The molecule has 0 saturated carbocycles. The molecule has 0 amide bonds. The largest absolute Gasteiger partial charge is 0.0833 e. The number of rotatable bonds is 1. The molecule has 1 atom stereocenters. The smallest absolute Gasteiger partial charge is 0.0443 e. The Hall–Kier alpha value is -0.300. The van der Waals surface area contributed by atoms with Gasteiger partial charge in [0.1, 0.15) is 0 Å². The molecule has 1 aromatic rings. The Bertz CT molecular complexity index is 266. The lowest BCUT2D eigenvalue weighted by Gasteiger charge is -2.25. The van der Waals surface area contributed by atoms with Gasteiger partial charge in [-0.05, 0) is 17.9 Å². The van der Waals surface area contributed by atoms with Gasteiger partial charge in [0.25, 0.3) is 0 Å². The molecule has 0 aliphatic carbocycles. The second-order valence-electron chi connectivity index (χ2n) is 4.64. The second-order valence-corrected chi connectivity index (χ2v) is 5.55. The van der Waals surface area contributed by atoms with Gasteiger partial charge in [0.15, 0.2) is 0 Å². The summed E-state index contributed by atoms with van der Waals surface area (Å²) >= 11 is 3.73. The van der Waals surface area contributed by atoms with Crippen LogP contribution < -0.4 is 0 Å². The van der Waals surface area contributed by atoms with E-state index >= 15 is 0 Å². The van der Waals surface area contributed by atoms with Gasteiger partial charge in [-0.2, -0.15) is 0 Å². The van der Waals surface area contributed by atoms with E-state index in [9.17, 15) is 0 Å². The summed E-state index contributed by atoms with van der Waals surface area (Å²) in [4.78, 5) is 0.431. The van der Waals surface area contributed by atoms with Crippen LogP contribution >= 0.6 is 15.9 Å². The van der Waals surface area contributed by atoms with Crippen LogP contribution in [0.25, 0.3) is 0 Å². The van der Waals surface area contributed by atoms with Crippen molar-refractivity contribution in [1.82, 2.24) is 0 Å². The molecule has 0 spiro atoms. The summed E-state index contributed by atoms with van der Waals surface area (Å²) in [7, 11) is 0. The van der Waals surface area contributed by atoms with Gasteiger partial charge in [0.2, 0.25) is 0 Å². The van der Waals surface area contributed by atoms with Crippen LogP contribution in [-0.4, -0.2) is 0 Å². The maximum Gasteiger partial charge on any atom is 0.0443 e. The summed E-state index contributed by atoms with van der Waals surface area (Å²) in [6.07, 6.45) is 0. The van der Waals surface area contributed by atoms with Crippen molar-refractivity contribution >= 4 is 15.9 Å². The van der Waals surface area contributed by atoms with Gasteiger partial charge in [-0.15, -0.1) is 0 Å². The summed E-state index contributed by atoms with van der Waals surface area (Å²) in [5.74, 6) is 0. The van der Waals surface area contributed by atoms with Crippen molar-refractivity contribution in [2.75, 3.05) is 0 Å². The van der Waals surface area contributed by atoms with Crippen LogP contribution in [0.15, 0.2) is 24.3 Å². The highest BCUT2D eigenvalue weighted by Gasteiger charge is 2.22. The molecular formula is C12H17Br. The number of hydrogen-bond acceptors (Lipinski definition) is 0. The maximum atomic E-state index is 3.73. The highest BCUT2D eigenvalue weighted by Crippen LogP contribution is 2.39. The standard InChI is InChI=1S/C12H17Br/c1-9-5-7-10(8-6-9)11(13)12(2,3)4/h5-8,11H,1-4H3. The zero-order valence-electron chi connectivity index (χ0n) is 8.76. The lowest BCUT2D eigenvalue weighted by atomic mass is 9.88. The first-order chi connectivity index (χ1) is 5.91. The molecule has 72 valence electrons. The number of halogens is 1. The van der Waals surface area contributed by atoms with E-state index in [0.29, 0.717) is 4.83 Å². The SMILES string of the molecule is Cc1ccc(C(Br)C(C)(C)C)cc1. The zero-order valence-corrected chi connectivity index (χ0v) is 10.4. The van der Waals surface area contributed by atoms with Crippen LogP contribution in [0.2, 0.25) is 0 Å². The van der Waals surface area contributed by atoms with E-state index in [1.165, 1.54) is 11.1 Å². The molecule has 0 aromatic heterocycles. The highest BCUT2D eigenvalue weighted by molar-refractivity contribution is 9.09. The van der Waals surface area contributed by atoms with Crippen molar-refractivity contribution in [2.45, 2.75) is 32.5 Å². The molecule has 1 rings (SSSR count). The predicted molar refractivity (Wildman–Crippen MR) is 62.3 cm³/mol. The van der Waals surface area contributed by atoms with Crippen molar-refractivity contribution in [3.8, 4) is 0 Å².